The second-order valence-corrected chi connectivity index (χ2v) is 8.03. The molecule has 1 fully saturated rings. The molecule has 1 heterocycles. The summed E-state index contributed by atoms with van der Waals surface area (Å²) in [7, 11) is 1.62. The number of nitrogens with zero attached hydrogens (tertiary/aromatic N) is 1. The second-order valence-electron chi connectivity index (χ2n) is 8.03. The SMILES string of the molecule is CNC(=O)c1cccc(CCNC(=O)N2CCCC(C)(c3ccccc3)CC2)c1. The lowest BCUT2D eigenvalue weighted by atomic mass is 9.76. The van der Waals surface area contributed by atoms with Crippen molar-refractivity contribution < 1.29 is 9.59 Å². The molecule has 0 radical (unpaired) electrons. The van der Waals surface area contributed by atoms with E-state index in [9.17, 15) is 9.59 Å². The van der Waals surface area contributed by atoms with E-state index in [-0.39, 0.29) is 17.4 Å². The van der Waals surface area contributed by atoms with Crippen molar-refractivity contribution in [3.8, 4) is 0 Å². The van der Waals surface area contributed by atoms with Crippen molar-refractivity contribution in [2.24, 2.45) is 0 Å². The van der Waals surface area contributed by atoms with Gasteiger partial charge in [-0.05, 0) is 54.4 Å². The second kappa shape index (κ2) is 9.59. The van der Waals surface area contributed by atoms with Crippen molar-refractivity contribution in [2.75, 3.05) is 26.7 Å². The highest BCUT2D eigenvalue weighted by atomic mass is 16.2. The van der Waals surface area contributed by atoms with Gasteiger partial charge < -0.3 is 15.5 Å². The molecule has 1 atom stereocenters. The molecule has 5 nitrogen and oxygen atoms in total. The Balaban J connectivity index is 1.51. The fourth-order valence-electron chi connectivity index (χ4n) is 4.05. The third-order valence-electron chi connectivity index (χ3n) is 5.95. The lowest BCUT2D eigenvalue weighted by molar-refractivity contribution is 0.0963. The number of carbonyl (C=O) groups is 2. The largest absolute Gasteiger partial charge is 0.355 e. The summed E-state index contributed by atoms with van der Waals surface area (Å²) in [5.74, 6) is -0.0954. The first kappa shape index (κ1) is 20.9. The van der Waals surface area contributed by atoms with Gasteiger partial charge in [0.2, 0.25) is 0 Å². The van der Waals surface area contributed by atoms with Crippen molar-refractivity contribution in [1.29, 1.82) is 0 Å². The maximum absolute atomic E-state index is 12.7. The van der Waals surface area contributed by atoms with Crippen LogP contribution in [0.1, 0.15) is 47.7 Å². The fourth-order valence-corrected chi connectivity index (χ4v) is 4.05. The van der Waals surface area contributed by atoms with E-state index in [0.717, 1.165) is 37.9 Å². The molecular weight excluding hydrogens is 362 g/mol. The highest BCUT2D eigenvalue weighted by Crippen LogP contribution is 2.34. The Kier molecular flexibility index (Phi) is 6.91. The van der Waals surface area contributed by atoms with Crippen LogP contribution in [-0.2, 0) is 11.8 Å². The van der Waals surface area contributed by atoms with Gasteiger partial charge in [0.05, 0.1) is 0 Å². The first-order valence-electron chi connectivity index (χ1n) is 10.4. The first-order valence-corrected chi connectivity index (χ1v) is 10.4. The van der Waals surface area contributed by atoms with Gasteiger partial charge in [0.15, 0.2) is 0 Å². The highest BCUT2D eigenvalue weighted by Gasteiger charge is 2.30. The third-order valence-corrected chi connectivity index (χ3v) is 5.95. The van der Waals surface area contributed by atoms with E-state index in [2.05, 4.69) is 41.8 Å². The van der Waals surface area contributed by atoms with Gasteiger partial charge in [0.25, 0.3) is 5.91 Å². The molecule has 3 rings (SSSR count). The smallest absolute Gasteiger partial charge is 0.317 e. The van der Waals surface area contributed by atoms with Crippen LogP contribution in [0.3, 0.4) is 0 Å². The summed E-state index contributed by atoms with van der Waals surface area (Å²) in [6, 6.07) is 18.2. The molecule has 0 aliphatic carbocycles. The molecule has 3 amide bonds. The average Bonchev–Trinajstić information content (AvgIpc) is 2.96. The zero-order valence-corrected chi connectivity index (χ0v) is 17.4. The zero-order chi connectivity index (χ0) is 20.7. The molecule has 2 aromatic carbocycles. The van der Waals surface area contributed by atoms with Gasteiger partial charge in [0, 0.05) is 32.2 Å². The van der Waals surface area contributed by atoms with E-state index in [4.69, 9.17) is 0 Å². The van der Waals surface area contributed by atoms with Crippen molar-refractivity contribution in [3.05, 3.63) is 71.3 Å². The van der Waals surface area contributed by atoms with Crippen LogP contribution in [0.5, 0.6) is 0 Å². The van der Waals surface area contributed by atoms with Crippen molar-refractivity contribution in [3.63, 3.8) is 0 Å². The van der Waals surface area contributed by atoms with Crippen molar-refractivity contribution in [2.45, 2.75) is 38.0 Å². The van der Waals surface area contributed by atoms with Crippen molar-refractivity contribution in [1.82, 2.24) is 15.5 Å². The molecule has 1 aliphatic rings. The van der Waals surface area contributed by atoms with Gasteiger partial charge in [-0.3, -0.25) is 4.79 Å². The summed E-state index contributed by atoms with van der Waals surface area (Å²) < 4.78 is 0. The Morgan fingerprint density at radius 1 is 1.03 bits per heavy atom. The molecule has 0 saturated carbocycles. The fraction of sp³-hybridized carbons (Fsp3) is 0.417. The van der Waals surface area contributed by atoms with Crippen molar-refractivity contribution >= 4 is 11.9 Å². The molecule has 2 aromatic rings. The van der Waals surface area contributed by atoms with Crippen LogP contribution in [0.2, 0.25) is 0 Å². The number of urea groups is 1. The maximum Gasteiger partial charge on any atom is 0.317 e. The normalized spacial score (nSPS) is 19.3. The van der Waals surface area contributed by atoms with E-state index in [1.165, 1.54) is 5.56 Å². The predicted octanol–water partition coefficient (Wildman–Crippen LogP) is 3.74. The molecule has 0 aromatic heterocycles. The molecule has 29 heavy (non-hydrogen) atoms. The third kappa shape index (κ3) is 5.37. The lowest BCUT2D eigenvalue weighted by Gasteiger charge is -2.29. The monoisotopic (exact) mass is 393 g/mol. The molecule has 1 saturated heterocycles. The minimum Gasteiger partial charge on any atom is -0.355 e. The van der Waals surface area contributed by atoms with Crippen LogP contribution in [0.15, 0.2) is 54.6 Å². The summed E-state index contributed by atoms with van der Waals surface area (Å²) >= 11 is 0. The van der Waals surface area contributed by atoms with E-state index < -0.39 is 0 Å². The summed E-state index contributed by atoms with van der Waals surface area (Å²) in [6.07, 6.45) is 3.77. The van der Waals surface area contributed by atoms with Crippen LogP contribution in [0, 0.1) is 0 Å². The molecule has 5 heteroatoms. The Bertz CT molecular complexity index is 837. The van der Waals surface area contributed by atoms with Gasteiger partial charge >= 0.3 is 6.03 Å². The molecule has 154 valence electrons. The maximum atomic E-state index is 12.7. The highest BCUT2D eigenvalue weighted by molar-refractivity contribution is 5.94. The van der Waals surface area contributed by atoms with Gasteiger partial charge in [-0.1, -0.05) is 49.4 Å². The Morgan fingerprint density at radius 3 is 2.59 bits per heavy atom. The minimum atomic E-state index is -0.0954. The summed E-state index contributed by atoms with van der Waals surface area (Å²) in [6.45, 7) is 4.43. The number of nitrogens with one attached hydrogen (secondary N) is 2. The number of carbonyl (C=O) groups excluding carboxylic acids is 2. The van der Waals surface area contributed by atoms with E-state index in [1.807, 2.05) is 29.2 Å². The summed E-state index contributed by atoms with van der Waals surface area (Å²) in [4.78, 5) is 26.4. The van der Waals surface area contributed by atoms with Crippen LogP contribution in [0.25, 0.3) is 0 Å². The summed E-state index contributed by atoms with van der Waals surface area (Å²) in [5.41, 5.74) is 3.16. The van der Waals surface area contributed by atoms with E-state index in [1.54, 1.807) is 13.1 Å². The summed E-state index contributed by atoms with van der Waals surface area (Å²) in [5, 5.41) is 5.68. The molecule has 0 spiro atoms. The van der Waals surface area contributed by atoms with Crippen LogP contribution < -0.4 is 10.6 Å². The van der Waals surface area contributed by atoms with Gasteiger partial charge in [-0.15, -0.1) is 0 Å². The minimum absolute atomic E-state index is 0.00441. The molecule has 1 aliphatic heterocycles. The molecular formula is C24H31N3O2. The van der Waals surface area contributed by atoms with Gasteiger partial charge in [-0.2, -0.15) is 0 Å². The Hall–Kier alpha value is -2.82. The number of amides is 3. The standard InChI is InChI=1S/C24H31N3O2/c1-24(21-10-4-3-5-11-21)13-7-16-27(17-14-24)23(29)26-15-12-19-8-6-9-20(18-19)22(28)25-2/h3-6,8-11,18H,7,12-17H2,1-2H3,(H,25,28)(H,26,29). The topological polar surface area (TPSA) is 61.4 Å². The first-order chi connectivity index (χ1) is 14.0. The zero-order valence-electron chi connectivity index (χ0n) is 17.4. The predicted molar refractivity (Wildman–Crippen MR) is 116 cm³/mol. The average molecular weight is 394 g/mol. The number of benzene rings is 2. The quantitative estimate of drug-likeness (QED) is 0.813. The Labute approximate surface area is 173 Å². The number of hydrogen-bond acceptors (Lipinski definition) is 2. The van der Waals surface area contributed by atoms with Gasteiger partial charge in [-0.25, -0.2) is 4.79 Å². The van der Waals surface area contributed by atoms with E-state index >= 15 is 0 Å². The van der Waals surface area contributed by atoms with Crippen LogP contribution >= 0.6 is 0 Å². The number of rotatable bonds is 5. The lowest BCUT2D eigenvalue weighted by Crippen LogP contribution is -2.41. The number of hydrogen-bond donors (Lipinski definition) is 2. The van der Waals surface area contributed by atoms with Crippen LogP contribution in [-0.4, -0.2) is 43.5 Å². The Morgan fingerprint density at radius 2 is 1.83 bits per heavy atom. The molecule has 2 N–H and O–H groups in total. The molecule has 1 unspecified atom stereocenters. The van der Waals surface area contributed by atoms with E-state index in [0.29, 0.717) is 18.5 Å². The number of likely N-dealkylation sites (tertiary alicyclic amines) is 1. The van der Waals surface area contributed by atoms with Crippen LogP contribution in [0.4, 0.5) is 4.79 Å². The molecule has 0 bridgehead atoms. The van der Waals surface area contributed by atoms with Gasteiger partial charge in [0.1, 0.15) is 0 Å².